The molecule has 2 heterocycles. The third-order valence-electron chi connectivity index (χ3n) is 5.88. The summed E-state index contributed by atoms with van der Waals surface area (Å²) in [7, 11) is 0. The van der Waals surface area contributed by atoms with Crippen molar-refractivity contribution in [1.82, 2.24) is 10.3 Å². The van der Waals surface area contributed by atoms with Gasteiger partial charge in [-0.05, 0) is 60.5 Å². The number of benzene rings is 3. The molecule has 0 atom stereocenters. The summed E-state index contributed by atoms with van der Waals surface area (Å²) < 4.78 is 5.99. The Morgan fingerprint density at radius 3 is 2.56 bits per heavy atom. The second-order valence-electron chi connectivity index (χ2n) is 8.58. The van der Waals surface area contributed by atoms with E-state index in [4.69, 9.17) is 4.74 Å². The highest BCUT2D eigenvalue weighted by Crippen LogP contribution is 2.36. The Balaban J connectivity index is 1.34. The lowest BCUT2D eigenvalue weighted by molar-refractivity contribution is -0.117. The maximum atomic E-state index is 13.4. The van der Waals surface area contributed by atoms with Crippen LogP contribution in [0, 0.1) is 6.92 Å². The Labute approximate surface area is 209 Å². The van der Waals surface area contributed by atoms with Gasteiger partial charge in [0.15, 0.2) is 11.5 Å². The zero-order valence-corrected chi connectivity index (χ0v) is 19.8. The molecule has 0 aliphatic carbocycles. The second kappa shape index (κ2) is 10.3. The van der Waals surface area contributed by atoms with Gasteiger partial charge in [-0.1, -0.05) is 60.2 Å². The molecule has 36 heavy (non-hydrogen) atoms. The average molecular weight is 476 g/mol. The molecule has 0 fully saturated rings. The van der Waals surface area contributed by atoms with Crippen LogP contribution in [0.5, 0.6) is 5.75 Å². The van der Waals surface area contributed by atoms with Crippen molar-refractivity contribution in [2.75, 3.05) is 4.90 Å². The fourth-order valence-corrected chi connectivity index (χ4v) is 4.07. The van der Waals surface area contributed by atoms with Crippen molar-refractivity contribution in [3.8, 4) is 5.75 Å². The number of ether oxygens (including phenoxy) is 1. The van der Waals surface area contributed by atoms with Crippen molar-refractivity contribution < 1.29 is 14.3 Å². The van der Waals surface area contributed by atoms with Crippen LogP contribution in [0.4, 0.5) is 5.69 Å². The van der Waals surface area contributed by atoms with Gasteiger partial charge in [-0.3, -0.25) is 19.5 Å². The highest BCUT2D eigenvalue weighted by atomic mass is 16.5. The lowest BCUT2D eigenvalue weighted by Crippen LogP contribution is -2.36. The number of para-hydroxylation sites is 2. The van der Waals surface area contributed by atoms with E-state index in [-0.39, 0.29) is 17.6 Å². The van der Waals surface area contributed by atoms with Crippen LogP contribution in [0.2, 0.25) is 0 Å². The fraction of sp³-hybridized carbons (Fsp3) is 0.100. The van der Waals surface area contributed by atoms with Crippen LogP contribution in [0.15, 0.2) is 103 Å². The van der Waals surface area contributed by atoms with Crippen LogP contribution in [0.1, 0.15) is 32.7 Å². The first kappa shape index (κ1) is 23.1. The molecular formula is C30H25N3O3. The number of nitrogens with one attached hydrogen (secondary N) is 1. The summed E-state index contributed by atoms with van der Waals surface area (Å²) in [6.07, 6.45) is 3.40. The number of aromatic nitrogens is 1. The average Bonchev–Trinajstić information content (AvgIpc) is 2.91. The van der Waals surface area contributed by atoms with E-state index in [0.29, 0.717) is 24.4 Å². The van der Waals surface area contributed by atoms with Crippen molar-refractivity contribution in [3.05, 3.63) is 131 Å². The zero-order valence-electron chi connectivity index (χ0n) is 19.8. The summed E-state index contributed by atoms with van der Waals surface area (Å²) >= 11 is 0. The standard InChI is InChI=1S/C30H25N3O3/c1-21-7-6-8-23(17-21)20-33-26-10-2-3-11-27(26)36-28(30(33)35)18-22-12-14-24(15-13-22)29(34)32-19-25-9-4-5-16-31-25/h2-18H,19-20H2,1H3,(H,32,34)/b28-18+. The topological polar surface area (TPSA) is 71.5 Å². The molecule has 6 nitrogen and oxygen atoms in total. The van der Waals surface area contributed by atoms with E-state index in [1.54, 1.807) is 41.4 Å². The second-order valence-corrected chi connectivity index (χ2v) is 8.58. The third kappa shape index (κ3) is 5.18. The largest absolute Gasteiger partial charge is 0.449 e. The van der Waals surface area contributed by atoms with Crippen molar-refractivity contribution in [2.24, 2.45) is 0 Å². The molecular weight excluding hydrogens is 450 g/mol. The van der Waals surface area contributed by atoms with Gasteiger partial charge in [0.2, 0.25) is 0 Å². The molecule has 178 valence electrons. The lowest BCUT2D eigenvalue weighted by Gasteiger charge is -2.30. The van der Waals surface area contributed by atoms with Crippen molar-refractivity contribution in [2.45, 2.75) is 20.0 Å². The molecule has 0 saturated heterocycles. The number of aryl methyl sites for hydroxylation is 1. The first-order valence-electron chi connectivity index (χ1n) is 11.7. The number of hydrogen-bond acceptors (Lipinski definition) is 4. The maximum Gasteiger partial charge on any atom is 0.294 e. The molecule has 1 aromatic heterocycles. The molecule has 0 spiro atoms. The number of rotatable bonds is 6. The molecule has 6 heteroatoms. The Hall–Kier alpha value is -4.71. The number of pyridine rings is 1. The first-order valence-corrected chi connectivity index (χ1v) is 11.7. The van der Waals surface area contributed by atoms with E-state index in [2.05, 4.69) is 16.4 Å². The van der Waals surface area contributed by atoms with Gasteiger partial charge in [0, 0.05) is 11.8 Å². The monoisotopic (exact) mass is 475 g/mol. The van der Waals surface area contributed by atoms with Crippen LogP contribution in [-0.4, -0.2) is 16.8 Å². The molecule has 1 aliphatic rings. The molecule has 0 unspecified atom stereocenters. The van der Waals surface area contributed by atoms with Crippen LogP contribution >= 0.6 is 0 Å². The molecule has 5 rings (SSSR count). The van der Waals surface area contributed by atoms with Crippen LogP contribution in [0.3, 0.4) is 0 Å². The quantitative estimate of drug-likeness (QED) is 0.385. The van der Waals surface area contributed by atoms with Gasteiger partial charge in [-0.2, -0.15) is 0 Å². The Morgan fingerprint density at radius 2 is 1.78 bits per heavy atom. The Bertz CT molecular complexity index is 1430. The predicted octanol–water partition coefficient (Wildman–Crippen LogP) is 5.29. The predicted molar refractivity (Wildman–Crippen MR) is 139 cm³/mol. The highest BCUT2D eigenvalue weighted by Gasteiger charge is 2.30. The minimum Gasteiger partial charge on any atom is -0.449 e. The summed E-state index contributed by atoms with van der Waals surface area (Å²) in [4.78, 5) is 31.9. The van der Waals surface area contributed by atoms with Gasteiger partial charge in [0.25, 0.3) is 11.8 Å². The molecule has 1 N–H and O–H groups in total. The highest BCUT2D eigenvalue weighted by molar-refractivity contribution is 6.09. The lowest BCUT2D eigenvalue weighted by atomic mass is 10.1. The van der Waals surface area contributed by atoms with Gasteiger partial charge >= 0.3 is 0 Å². The molecule has 2 amide bonds. The zero-order chi connectivity index (χ0) is 24.9. The van der Waals surface area contributed by atoms with Gasteiger partial charge in [-0.15, -0.1) is 0 Å². The normalized spacial score (nSPS) is 13.8. The van der Waals surface area contributed by atoms with Gasteiger partial charge < -0.3 is 10.1 Å². The summed E-state index contributed by atoms with van der Waals surface area (Å²) in [6.45, 7) is 2.82. The molecule has 3 aromatic carbocycles. The summed E-state index contributed by atoms with van der Waals surface area (Å²) in [5.41, 5.74) is 4.99. The maximum absolute atomic E-state index is 13.4. The molecule has 4 aromatic rings. The van der Waals surface area contributed by atoms with Gasteiger partial charge in [0.05, 0.1) is 24.5 Å². The SMILES string of the molecule is Cc1cccc(CN2C(=O)/C(=C\c3ccc(C(=O)NCc4ccccn4)cc3)Oc3ccccc32)c1. The summed E-state index contributed by atoms with van der Waals surface area (Å²) in [5.74, 6) is 0.450. The molecule has 0 bridgehead atoms. The number of carbonyl (C=O) groups excluding carboxylic acids is 2. The Kier molecular flexibility index (Phi) is 6.58. The minimum absolute atomic E-state index is 0.192. The van der Waals surface area contributed by atoms with Gasteiger partial charge in [-0.25, -0.2) is 0 Å². The van der Waals surface area contributed by atoms with Crippen LogP contribution in [-0.2, 0) is 17.9 Å². The van der Waals surface area contributed by atoms with E-state index < -0.39 is 0 Å². The van der Waals surface area contributed by atoms with Crippen molar-refractivity contribution in [3.63, 3.8) is 0 Å². The number of nitrogens with zero attached hydrogens (tertiary/aromatic N) is 2. The molecule has 0 radical (unpaired) electrons. The first-order chi connectivity index (χ1) is 17.6. The van der Waals surface area contributed by atoms with E-state index in [1.165, 1.54) is 0 Å². The number of fused-ring (bicyclic) bond motifs is 1. The third-order valence-corrected chi connectivity index (χ3v) is 5.88. The van der Waals surface area contributed by atoms with Crippen molar-refractivity contribution in [1.29, 1.82) is 0 Å². The smallest absolute Gasteiger partial charge is 0.294 e. The Morgan fingerprint density at radius 1 is 0.972 bits per heavy atom. The number of anilines is 1. The summed E-state index contributed by atoms with van der Waals surface area (Å²) in [5, 5.41) is 2.86. The molecule has 1 aliphatic heterocycles. The van der Waals surface area contributed by atoms with E-state index in [9.17, 15) is 9.59 Å². The fourth-order valence-electron chi connectivity index (χ4n) is 4.07. The molecule has 0 saturated carbocycles. The van der Waals surface area contributed by atoms with Crippen LogP contribution < -0.4 is 15.0 Å². The van der Waals surface area contributed by atoms with Gasteiger partial charge in [0.1, 0.15) is 0 Å². The number of hydrogen-bond donors (Lipinski definition) is 1. The van der Waals surface area contributed by atoms with E-state index in [1.807, 2.05) is 67.6 Å². The van der Waals surface area contributed by atoms with Crippen LogP contribution in [0.25, 0.3) is 6.08 Å². The van der Waals surface area contributed by atoms with E-state index in [0.717, 1.165) is 28.1 Å². The minimum atomic E-state index is -0.215. The van der Waals surface area contributed by atoms with E-state index >= 15 is 0 Å². The summed E-state index contributed by atoms with van der Waals surface area (Å²) in [6, 6.07) is 28.3. The van der Waals surface area contributed by atoms with Crippen molar-refractivity contribution >= 4 is 23.6 Å². The number of carbonyl (C=O) groups is 2. The number of amides is 2.